The molecule has 2 heterocycles. The van der Waals surface area contributed by atoms with E-state index in [1.807, 2.05) is 25.1 Å². The number of hydrogen-bond donors (Lipinski definition) is 2. The van der Waals surface area contributed by atoms with Gasteiger partial charge in [0.25, 0.3) is 0 Å². The van der Waals surface area contributed by atoms with E-state index in [1.54, 1.807) is 12.3 Å². The number of carbonyl (C=O) groups is 1. The number of nitrogens with one attached hydrogen (secondary N) is 1. The fourth-order valence-electron chi connectivity index (χ4n) is 2.88. The van der Waals surface area contributed by atoms with Gasteiger partial charge in [0, 0.05) is 18.2 Å². The number of rotatable bonds is 3. The van der Waals surface area contributed by atoms with Gasteiger partial charge in [-0.3, -0.25) is 9.78 Å². The minimum Gasteiger partial charge on any atom is -0.397 e. The van der Waals surface area contributed by atoms with Crippen LogP contribution in [0.25, 0.3) is 10.9 Å². The molecule has 21 heavy (non-hydrogen) atoms. The normalized spacial score (nSPS) is 21.6. The van der Waals surface area contributed by atoms with E-state index < -0.39 is 0 Å². The lowest BCUT2D eigenvalue weighted by atomic mass is 9.98. The van der Waals surface area contributed by atoms with Gasteiger partial charge in [0.2, 0.25) is 5.91 Å². The van der Waals surface area contributed by atoms with Crippen molar-refractivity contribution in [2.45, 2.75) is 25.9 Å². The van der Waals surface area contributed by atoms with E-state index in [0.717, 1.165) is 23.9 Å². The average Bonchev–Trinajstić information content (AvgIpc) is 2.99. The molecular formula is C16H19N3O2. The maximum Gasteiger partial charge on any atom is 0.230 e. The number of pyridine rings is 1. The Hall–Kier alpha value is -2.14. The van der Waals surface area contributed by atoms with Crippen molar-refractivity contribution in [3.8, 4) is 0 Å². The van der Waals surface area contributed by atoms with Crippen LogP contribution in [0.1, 0.15) is 19.8 Å². The summed E-state index contributed by atoms with van der Waals surface area (Å²) in [5.41, 5.74) is 8.00. The Morgan fingerprint density at radius 1 is 1.48 bits per heavy atom. The Bertz CT molecular complexity index is 672. The second-order valence-electron chi connectivity index (χ2n) is 5.30. The second kappa shape index (κ2) is 5.69. The lowest BCUT2D eigenvalue weighted by Gasteiger charge is -2.17. The molecule has 5 heteroatoms. The van der Waals surface area contributed by atoms with Crippen LogP contribution in [0.3, 0.4) is 0 Å². The molecule has 3 N–H and O–H groups in total. The first-order valence-corrected chi connectivity index (χ1v) is 7.26. The van der Waals surface area contributed by atoms with Gasteiger partial charge in [-0.1, -0.05) is 6.92 Å². The zero-order valence-corrected chi connectivity index (χ0v) is 12.0. The van der Waals surface area contributed by atoms with Crippen LogP contribution in [0.2, 0.25) is 0 Å². The number of aromatic nitrogens is 1. The topological polar surface area (TPSA) is 77.2 Å². The number of nitrogen functional groups attached to an aromatic ring is 1. The molecule has 1 amide bonds. The van der Waals surface area contributed by atoms with Crippen molar-refractivity contribution in [1.82, 2.24) is 4.98 Å². The molecule has 0 aliphatic carbocycles. The number of benzene rings is 1. The van der Waals surface area contributed by atoms with E-state index in [-0.39, 0.29) is 17.9 Å². The minimum atomic E-state index is -0.0840. The lowest BCUT2D eigenvalue weighted by molar-refractivity contribution is -0.121. The van der Waals surface area contributed by atoms with Crippen LogP contribution in [-0.2, 0) is 9.53 Å². The highest BCUT2D eigenvalue weighted by Crippen LogP contribution is 2.29. The number of carbonyl (C=O) groups excluding carboxylic acids is 1. The van der Waals surface area contributed by atoms with Crippen molar-refractivity contribution in [1.29, 1.82) is 0 Å². The lowest BCUT2D eigenvalue weighted by Crippen LogP contribution is -2.29. The molecular weight excluding hydrogens is 266 g/mol. The van der Waals surface area contributed by atoms with E-state index >= 15 is 0 Å². The van der Waals surface area contributed by atoms with Crippen molar-refractivity contribution in [2.24, 2.45) is 5.92 Å². The highest BCUT2D eigenvalue weighted by Gasteiger charge is 2.32. The summed E-state index contributed by atoms with van der Waals surface area (Å²) in [6.45, 7) is 2.69. The molecule has 2 atom stereocenters. The standard InChI is InChI=1S/C16H19N3O2/c1-2-14-11(7-9-21-14)16(20)19-13-6-5-12(17)15-10(13)4-3-8-18-15/h3-6,8,11,14H,2,7,9,17H2,1H3,(H,19,20). The molecule has 1 aromatic carbocycles. The van der Waals surface area contributed by atoms with Gasteiger partial charge in [-0.25, -0.2) is 0 Å². The molecule has 0 radical (unpaired) electrons. The maximum absolute atomic E-state index is 12.5. The highest BCUT2D eigenvalue weighted by atomic mass is 16.5. The molecule has 2 aromatic rings. The van der Waals surface area contributed by atoms with E-state index in [0.29, 0.717) is 17.8 Å². The summed E-state index contributed by atoms with van der Waals surface area (Å²) < 4.78 is 5.59. The van der Waals surface area contributed by atoms with Gasteiger partial charge < -0.3 is 15.8 Å². The van der Waals surface area contributed by atoms with E-state index in [4.69, 9.17) is 10.5 Å². The number of fused-ring (bicyclic) bond motifs is 1. The third-order valence-electron chi connectivity index (χ3n) is 4.01. The number of amides is 1. The van der Waals surface area contributed by atoms with Gasteiger partial charge in [-0.2, -0.15) is 0 Å². The van der Waals surface area contributed by atoms with Crippen molar-refractivity contribution in [2.75, 3.05) is 17.7 Å². The van der Waals surface area contributed by atoms with Crippen LogP contribution < -0.4 is 11.1 Å². The van der Waals surface area contributed by atoms with Crippen molar-refractivity contribution >= 4 is 28.2 Å². The first-order chi connectivity index (χ1) is 10.2. The first kappa shape index (κ1) is 13.8. The largest absolute Gasteiger partial charge is 0.397 e. The number of nitrogens with zero attached hydrogens (tertiary/aromatic N) is 1. The Kier molecular flexibility index (Phi) is 3.75. The number of nitrogens with two attached hydrogens (primary N) is 1. The van der Waals surface area contributed by atoms with Crippen LogP contribution in [0.4, 0.5) is 11.4 Å². The Balaban J connectivity index is 1.88. The molecule has 1 aliphatic rings. The minimum absolute atomic E-state index is 0.00859. The van der Waals surface area contributed by atoms with Gasteiger partial charge in [-0.05, 0) is 37.1 Å². The third kappa shape index (κ3) is 2.56. The summed E-state index contributed by atoms with van der Waals surface area (Å²) >= 11 is 0. The molecule has 1 aliphatic heterocycles. The van der Waals surface area contributed by atoms with Crippen molar-refractivity contribution < 1.29 is 9.53 Å². The predicted octanol–water partition coefficient (Wildman–Crippen LogP) is 2.57. The predicted molar refractivity (Wildman–Crippen MR) is 82.9 cm³/mol. The molecule has 5 nitrogen and oxygen atoms in total. The Morgan fingerprint density at radius 2 is 2.33 bits per heavy atom. The van der Waals surface area contributed by atoms with E-state index in [2.05, 4.69) is 10.3 Å². The zero-order chi connectivity index (χ0) is 14.8. The van der Waals surface area contributed by atoms with E-state index in [1.165, 1.54) is 0 Å². The Labute approximate surface area is 123 Å². The van der Waals surface area contributed by atoms with Gasteiger partial charge in [0.15, 0.2) is 0 Å². The quantitative estimate of drug-likeness (QED) is 0.850. The number of hydrogen-bond acceptors (Lipinski definition) is 4. The van der Waals surface area contributed by atoms with Crippen LogP contribution >= 0.6 is 0 Å². The van der Waals surface area contributed by atoms with Crippen molar-refractivity contribution in [3.63, 3.8) is 0 Å². The molecule has 2 unspecified atom stereocenters. The summed E-state index contributed by atoms with van der Waals surface area (Å²) in [5.74, 6) is -0.0754. The summed E-state index contributed by atoms with van der Waals surface area (Å²) in [6, 6.07) is 7.35. The number of ether oxygens (including phenoxy) is 1. The van der Waals surface area contributed by atoms with Gasteiger partial charge >= 0.3 is 0 Å². The van der Waals surface area contributed by atoms with Crippen LogP contribution in [0.5, 0.6) is 0 Å². The average molecular weight is 285 g/mol. The second-order valence-corrected chi connectivity index (χ2v) is 5.30. The summed E-state index contributed by atoms with van der Waals surface area (Å²) in [7, 11) is 0. The monoisotopic (exact) mass is 285 g/mol. The Morgan fingerprint density at radius 3 is 3.14 bits per heavy atom. The summed E-state index contributed by atoms with van der Waals surface area (Å²) in [5, 5.41) is 3.86. The fraction of sp³-hybridized carbons (Fsp3) is 0.375. The SMILES string of the molecule is CCC1OCCC1C(=O)Nc1ccc(N)c2ncccc12. The molecule has 0 spiro atoms. The molecule has 3 rings (SSSR count). The third-order valence-corrected chi connectivity index (χ3v) is 4.01. The molecule has 1 aromatic heterocycles. The molecule has 0 bridgehead atoms. The van der Waals surface area contributed by atoms with Crippen molar-refractivity contribution in [3.05, 3.63) is 30.5 Å². The molecule has 1 fully saturated rings. The zero-order valence-electron chi connectivity index (χ0n) is 12.0. The summed E-state index contributed by atoms with van der Waals surface area (Å²) in [6.07, 6.45) is 3.34. The molecule has 1 saturated heterocycles. The maximum atomic E-state index is 12.5. The van der Waals surface area contributed by atoms with Crippen LogP contribution in [-0.4, -0.2) is 23.6 Å². The molecule has 0 saturated carbocycles. The smallest absolute Gasteiger partial charge is 0.230 e. The van der Waals surface area contributed by atoms with E-state index in [9.17, 15) is 4.79 Å². The van der Waals surface area contributed by atoms with Gasteiger partial charge in [0.05, 0.1) is 28.9 Å². The van der Waals surface area contributed by atoms with Crippen LogP contribution in [0.15, 0.2) is 30.5 Å². The fourth-order valence-corrected chi connectivity index (χ4v) is 2.88. The highest BCUT2D eigenvalue weighted by molar-refractivity contribution is 6.05. The first-order valence-electron chi connectivity index (χ1n) is 7.26. The van der Waals surface area contributed by atoms with Gasteiger partial charge in [-0.15, -0.1) is 0 Å². The summed E-state index contributed by atoms with van der Waals surface area (Å²) in [4.78, 5) is 16.7. The van der Waals surface area contributed by atoms with Crippen LogP contribution in [0, 0.1) is 5.92 Å². The van der Waals surface area contributed by atoms with Gasteiger partial charge in [0.1, 0.15) is 0 Å². The number of anilines is 2. The molecule has 110 valence electrons.